The minimum absolute atomic E-state index is 0.00238. The Morgan fingerprint density at radius 2 is 1.77 bits per heavy atom. The Balaban J connectivity index is 1.70. The molecule has 4 fully saturated rings. The van der Waals surface area contributed by atoms with E-state index < -0.39 is 12.2 Å². The summed E-state index contributed by atoms with van der Waals surface area (Å²) in [4.78, 5) is 24.9. The Morgan fingerprint density at radius 3 is 2.46 bits per heavy atom. The van der Waals surface area contributed by atoms with Gasteiger partial charge in [-0.25, -0.2) is 0 Å². The summed E-state index contributed by atoms with van der Waals surface area (Å²) in [6.45, 7) is 6.52. The van der Waals surface area contributed by atoms with E-state index in [0.29, 0.717) is 30.6 Å². The predicted octanol–water partition coefficient (Wildman–Crippen LogP) is 2.33. The van der Waals surface area contributed by atoms with Crippen molar-refractivity contribution in [2.45, 2.75) is 71.5 Å². The van der Waals surface area contributed by atoms with E-state index in [4.69, 9.17) is 4.74 Å². The molecule has 3 saturated carbocycles. The van der Waals surface area contributed by atoms with Crippen LogP contribution in [0.1, 0.15) is 59.3 Å². The van der Waals surface area contributed by atoms with Gasteiger partial charge in [0.15, 0.2) is 0 Å². The molecule has 146 valence electrons. The number of esters is 1. The molecule has 9 atom stereocenters. The van der Waals surface area contributed by atoms with Gasteiger partial charge in [-0.15, -0.1) is 0 Å². The molecular formula is C21H32O5. The van der Waals surface area contributed by atoms with E-state index in [1.807, 2.05) is 0 Å². The maximum atomic E-state index is 12.7. The van der Waals surface area contributed by atoms with Crippen LogP contribution in [-0.4, -0.2) is 40.8 Å². The molecule has 0 bridgehead atoms. The normalized spacial score (nSPS) is 53.7. The zero-order valence-corrected chi connectivity index (χ0v) is 16.1. The fourth-order valence-corrected chi connectivity index (χ4v) is 7.46. The van der Waals surface area contributed by atoms with E-state index >= 15 is 0 Å². The number of carbonyl (C=O) groups is 2. The Morgan fingerprint density at radius 1 is 1.08 bits per heavy atom. The Hall–Kier alpha value is -0.940. The average Bonchev–Trinajstić information content (AvgIpc) is 2.88. The van der Waals surface area contributed by atoms with Gasteiger partial charge in [0, 0.05) is 5.92 Å². The summed E-state index contributed by atoms with van der Waals surface area (Å²) >= 11 is 0. The van der Waals surface area contributed by atoms with E-state index in [1.54, 1.807) is 6.92 Å². The van der Waals surface area contributed by atoms with Gasteiger partial charge in [-0.3, -0.25) is 9.59 Å². The van der Waals surface area contributed by atoms with Gasteiger partial charge in [0.2, 0.25) is 0 Å². The number of aliphatic hydroxyl groups excluding tert-OH is 2. The van der Waals surface area contributed by atoms with E-state index in [1.165, 1.54) is 0 Å². The second-order valence-corrected chi connectivity index (χ2v) is 9.92. The minimum Gasteiger partial charge on any atom is -0.465 e. The van der Waals surface area contributed by atoms with Gasteiger partial charge >= 0.3 is 5.97 Å². The number of cyclic esters (lactones) is 1. The van der Waals surface area contributed by atoms with E-state index in [-0.39, 0.29) is 41.0 Å². The molecule has 0 aromatic heterocycles. The van der Waals surface area contributed by atoms with Gasteiger partial charge < -0.3 is 14.9 Å². The SMILES string of the molecule is CC(=O)[C@H]1CC[C@H]2[C@@H]3COC(=O)[C@H]4C[C@H](O)[C@H](O)C[C@]4(C)[C@H]3CC[C@]12C. The molecule has 0 spiro atoms. The van der Waals surface area contributed by atoms with Crippen LogP contribution < -0.4 is 0 Å². The van der Waals surface area contributed by atoms with Crippen molar-refractivity contribution in [1.29, 1.82) is 0 Å². The standard InChI is InChI=1S/C21H32O5/c1-11(22)13-4-5-14-12-10-26-19(25)16-8-17(23)18(24)9-21(16,3)15(12)6-7-20(13,14)2/h12-18,23-24H,4-10H2,1-3H3/t12-,13+,14-,15-,16+,17-,18+,20+,21+/m0/s1. The van der Waals surface area contributed by atoms with Gasteiger partial charge in [0.25, 0.3) is 0 Å². The fraction of sp³-hybridized carbons (Fsp3) is 0.905. The number of aliphatic hydroxyl groups is 2. The first-order valence-electron chi connectivity index (χ1n) is 10.2. The number of Topliss-reactive ketones (excluding diaryl/α,β-unsaturated/α-hetero) is 1. The number of ether oxygens (including phenoxy) is 1. The molecular weight excluding hydrogens is 332 g/mol. The zero-order chi connectivity index (χ0) is 18.9. The maximum Gasteiger partial charge on any atom is 0.309 e. The van der Waals surface area contributed by atoms with E-state index in [0.717, 1.165) is 25.7 Å². The molecule has 1 saturated heterocycles. The van der Waals surface area contributed by atoms with Crippen molar-refractivity contribution >= 4 is 11.8 Å². The van der Waals surface area contributed by atoms with E-state index in [2.05, 4.69) is 13.8 Å². The zero-order valence-electron chi connectivity index (χ0n) is 16.1. The van der Waals surface area contributed by atoms with Gasteiger partial charge in [0.05, 0.1) is 24.7 Å². The van der Waals surface area contributed by atoms with Crippen LogP contribution in [0.5, 0.6) is 0 Å². The Bertz CT molecular complexity index is 618. The van der Waals surface area contributed by atoms with Crippen LogP contribution in [0.2, 0.25) is 0 Å². The topological polar surface area (TPSA) is 83.8 Å². The molecule has 0 aromatic carbocycles. The largest absolute Gasteiger partial charge is 0.465 e. The summed E-state index contributed by atoms with van der Waals surface area (Å²) in [7, 11) is 0. The molecule has 0 amide bonds. The molecule has 2 N–H and O–H groups in total. The second kappa shape index (κ2) is 6.03. The quantitative estimate of drug-likeness (QED) is 0.698. The van der Waals surface area contributed by atoms with Crippen molar-refractivity contribution in [3.8, 4) is 0 Å². The molecule has 4 aliphatic rings. The molecule has 0 radical (unpaired) electrons. The lowest BCUT2D eigenvalue weighted by Crippen LogP contribution is -2.54. The van der Waals surface area contributed by atoms with Gasteiger partial charge in [-0.2, -0.15) is 0 Å². The number of fused-ring (bicyclic) bond motifs is 5. The lowest BCUT2D eigenvalue weighted by molar-refractivity contribution is -0.162. The van der Waals surface area contributed by atoms with Gasteiger partial charge in [-0.1, -0.05) is 13.8 Å². The average molecular weight is 364 g/mol. The number of ketones is 1. The summed E-state index contributed by atoms with van der Waals surface area (Å²) in [6.07, 6.45) is 3.04. The number of hydrogen-bond donors (Lipinski definition) is 2. The highest BCUT2D eigenvalue weighted by Crippen LogP contribution is 2.64. The molecule has 0 unspecified atom stereocenters. The van der Waals surface area contributed by atoms with Gasteiger partial charge in [-0.05, 0) is 74.0 Å². The maximum absolute atomic E-state index is 12.7. The Labute approximate surface area is 155 Å². The summed E-state index contributed by atoms with van der Waals surface area (Å²) in [5, 5.41) is 20.5. The second-order valence-electron chi connectivity index (χ2n) is 9.92. The van der Waals surface area contributed by atoms with Crippen LogP contribution >= 0.6 is 0 Å². The molecule has 1 heterocycles. The third kappa shape index (κ3) is 2.42. The number of rotatable bonds is 1. The van der Waals surface area contributed by atoms with Gasteiger partial charge in [0.1, 0.15) is 5.78 Å². The highest BCUT2D eigenvalue weighted by molar-refractivity contribution is 5.79. The molecule has 5 nitrogen and oxygen atoms in total. The highest BCUT2D eigenvalue weighted by Gasteiger charge is 2.62. The third-order valence-corrected chi connectivity index (χ3v) is 8.84. The first-order chi connectivity index (χ1) is 12.2. The smallest absolute Gasteiger partial charge is 0.309 e. The summed E-state index contributed by atoms with van der Waals surface area (Å²) in [6, 6.07) is 0. The highest BCUT2D eigenvalue weighted by atomic mass is 16.5. The lowest BCUT2D eigenvalue weighted by Gasteiger charge is -2.55. The number of hydrogen-bond acceptors (Lipinski definition) is 5. The fourth-order valence-electron chi connectivity index (χ4n) is 7.46. The summed E-state index contributed by atoms with van der Waals surface area (Å²) in [5.41, 5.74) is -0.338. The molecule has 1 aliphatic heterocycles. The van der Waals surface area contributed by atoms with E-state index in [9.17, 15) is 19.8 Å². The summed E-state index contributed by atoms with van der Waals surface area (Å²) in [5.74, 6) is 0.793. The van der Waals surface area contributed by atoms with Crippen LogP contribution in [0.3, 0.4) is 0 Å². The van der Waals surface area contributed by atoms with Crippen molar-refractivity contribution in [1.82, 2.24) is 0 Å². The van der Waals surface area contributed by atoms with Crippen LogP contribution in [0.4, 0.5) is 0 Å². The molecule has 26 heavy (non-hydrogen) atoms. The summed E-state index contributed by atoms with van der Waals surface area (Å²) < 4.78 is 5.72. The van der Waals surface area contributed by atoms with Crippen LogP contribution in [0.25, 0.3) is 0 Å². The first-order valence-corrected chi connectivity index (χ1v) is 10.2. The van der Waals surface area contributed by atoms with Crippen LogP contribution in [0.15, 0.2) is 0 Å². The monoisotopic (exact) mass is 364 g/mol. The lowest BCUT2D eigenvalue weighted by atomic mass is 9.49. The molecule has 0 aromatic rings. The van der Waals surface area contributed by atoms with Crippen molar-refractivity contribution in [3.63, 3.8) is 0 Å². The number of carbonyl (C=O) groups excluding carboxylic acids is 2. The predicted molar refractivity (Wildman–Crippen MR) is 95.0 cm³/mol. The first kappa shape index (κ1) is 18.4. The van der Waals surface area contributed by atoms with Crippen molar-refractivity contribution in [2.24, 2.45) is 40.4 Å². The third-order valence-electron chi connectivity index (χ3n) is 8.84. The Kier molecular flexibility index (Phi) is 4.27. The van der Waals surface area contributed by atoms with Crippen LogP contribution in [0, 0.1) is 40.4 Å². The van der Waals surface area contributed by atoms with Crippen LogP contribution in [-0.2, 0) is 14.3 Å². The molecule has 4 rings (SSSR count). The van der Waals surface area contributed by atoms with Crippen molar-refractivity contribution < 1.29 is 24.5 Å². The molecule has 5 heteroatoms. The van der Waals surface area contributed by atoms with Crippen molar-refractivity contribution in [3.05, 3.63) is 0 Å². The van der Waals surface area contributed by atoms with Crippen molar-refractivity contribution in [2.75, 3.05) is 6.61 Å². The molecule has 3 aliphatic carbocycles. The minimum atomic E-state index is -0.848.